The topological polar surface area (TPSA) is 43.0 Å². The average molecular weight is 234 g/mol. The molecule has 1 saturated heterocycles. The molecule has 4 rings (SSSR count). The van der Waals surface area contributed by atoms with Gasteiger partial charge in [0.1, 0.15) is 0 Å². The molecule has 0 amide bonds. The predicted molar refractivity (Wildman–Crippen MR) is 63.0 cm³/mol. The summed E-state index contributed by atoms with van der Waals surface area (Å²) in [4.78, 5) is 2.40. The maximum Gasteiger partial charge on any atom is 0.231 e. The summed E-state index contributed by atoms with van der Waals surface area (Å²) in [5.74, 6) is 1.68. The lowest BCUT2D eigenvalue weighted by molar-refractivity contribution is 0.0964. The predicted octanol–water partition coefficient (Wildman–Crippen LogP) is 1.05. The highest BCUT2D eigenvalue weighted by Crippen LogP contribution is 2.43. The van der Waals surface area contributed by atoms with E-state index in [1.54, 1.807) is 0 Å². The normalized spacial score (nSPS) is 24.9. The number of nitrogens with one attached hydrogen (secondary N) is 1. The van der Waals surface area contributed by atoms with E-state index in [9.17, 15) is 0 Å². The van der Waals surface area contributed by atoms with E-state index in [2.05, 4.69) is 16.3 Å². The zero-order valence-corrected chi connectivity index (χ0v) is 9.44. The van der Waals surface area contributed by atoms with Gasteiger partial charge >= 0.3 is 0 Å². The van der Waals surface area contributed by atoms with Crippen LogP contribution < -0.4 is 19.7 Å². The van der Waals surface area contributed by atoms with Crippen molar-refractivity contribution in [1.29, 1.82) is 0 Å². The fraction of sp³-hybridized carbons (Fsp3) is 0.500. The molecule has 1 fully saturated rings. The number of hydrogen-bond donors (Lipinski definition) is 1. The van der Waals surface area contributed by atoms with E-state index < -0.39 is 0 Å². The first-order chi connectivity index (χ1) is 8.42. The third-order valence-electron chi connectivity index (χ3n) is 3.56. The summed E-state index contributed by atoms with van der Waals surface area (Å²) in [5.41, 5.74) is 2.33. The molecule has 0 aliphatic carbocycles. The minimum Gasteiger partial charge on any atom is -0.454 e. The second-order valence-corrected chi connectivity index (χ2v) is 4.53. The van der Waals surface area contributed by atoms with E-state index in [-0.39, 0.29) is 0 Å². The van der Waals surface area contributed by atoms with Crippen molar-refractivity contribution in [3.63, 3.8) is 0 Å². The third-order valence-corrected chi connectivity index (χ3v) is 3.56. The van der Waals surface area contributed by atoms with Crippen LogP contribution >= 0.6 is 0 Å². The molecule has 0 aromatic heterocycles. The molecule has 1 atom stereocenters. The number of hydrogen-bond acceptors (Lipinski definition) is 5. The molecule has 0 bridgehead atoms. The van der Waals surface area contributed by atoms with Crippen LogP contribution in [-0.4, -0.2) is 39.1 Å². The molecule has 1 aromatic rings. The Morgan fingerprint density at radius 1 is 1.24 bits per heavy atom. The SMILES string of the molecule is c1c2c(cc3c1OCO3)N1CCOCC1CN2. The summed E-state index contributed by atoms with van der Waals surface area (Å²) in [6.45, 7) is 3.78. The van der Waals surface area contributed by atoms with Gasteiger partial charge in [-0.25, -0.2) is 0 Å². The van der Waals surface area contributed by atoms with Gasteiger partial charge in [0.2, 0.25) is 6.79 Å². The number of rotatable bonds is 0. The summed E-state index contributed by atoms with van der Waals surface area (Å²) < 4.78 is 16.3. The quantitative estimate of drug-likeness (QED) is 0.726. The lowest BCUT2D eigenvalue weighted by Crippen LogP contribution is -2.51. The monoisotopic (exact) mass is 234 g/mol. The van der Waals surface area contributed by atoms with Crippen LogP contribution in [0.25, 0.3) is 0 Å². The summed E-state index contributed by atoms with van der Waals surface area (Å²) in [6, 6.07) is 4.53. The second-order valence-electron chi connectivity index (χ2n) is 4.53. The molecule has 90 valence electrons. The summed E-state index contributed by atoms with van der Waals surface area (Å²) in [6.07, 6.45) is 0. The van der Waals surface area contributed by atoms with E-state index in [4.69, 9.17) is 14.2 Å². The molecule has 3 heterocycles. The largest absolute Gasteiger partial charge is 0.454 e. The van der Waals surface area contributed by atoms with Crippen LogP contribution in [0.4, 0.5) is 11.4 Å². The minimum absolute atomic E-state index is 0.324. The van der Waals surface area contributed by atoms with Gasteiger partial charge in [-0.15, -0.1) is 0 Å². The van der Waals surface area contributed by atoms with E-state index in [1.807, 2.05) is 6.07 Å². The number of nitrogens with zero attached hydrogens (tertiary/aromatic N) is 1. The molecular formula is C12H14N2O3. The molecule has 0 saturated carbocycles. The molecule has 3 aliphatic heterocycles. The zero-order chi connectivity index (χ0) is 11.2. The Balaban J connectivity index is 1.79. The van der Waals surface area contributed by atoms with Gasteiger partial charge in [0.25, 0.3) is 0 Å². The van der Waals surface area contributed by atoms with Gasteiger partial charge in [-0.3, -0.25) is 0 Å². The van der Waals surface area contributed by atoms with Crippen molar-refractivity contribution in [3.05, 3.63) is 12.1 Å². The maximum absolute atomic E-state index is 5.51. The molecule has 1 aromatic carbocycles. The van der Waals surface area contributed by atoms with Gasteiger partial charge in [0, 0.05) is 25.2 Å². The smallest absolute Gasteiger partial charge is 0.231 e. The molecular weight excluding hydrogens is 220 g/mol. The van der Waals surface area contributed by atoms with Gasteiger partial charge in [-0.1, -0.05) is 0 Å². The Bertz CT molecular complexity index is 463. The van der Waals surface area contributed by atoms with Crippen LogP contribution in [0.3, 0.4) is 0 Å². The van der Waals surface area contributed by atoms with Crippen LogP contribution in [0.2, 0.25) is 0 Å². The first-order valence-corrected chi connectivity index (χ1v) is 5.94. The Hall–Kier alpha value is -1.62. The summed E-state index contributed by atoms with van der Waals surface area (Å²) >= 11 is 0. The molecule has 17 heavy (non-hydrogen) atoms. The molecule has 3 aliphatic rings. The lowest BCUT2D eigenvalue weighted by Gasteiger charge is -2.42. The van der Waals surface area contributed by atoms with Crippen LogP contribution in [0.1, 0.15) is 0 Å². The van der Waals surface area contributed by atoms with Gasteiger partial charge < -0.3 is 24.4 Å². The highest BCUT2D eigenvalue weighted by atomic mass is 16.7. The fourth-order valence-corrected chi connectivity index (χ4v) is 2.68. The Kier molecular flexibility index (Phi) is 1.90. The third kappa shape index (κ3) is 1.35. The Morgan fingerprint density at radius 2 is 2.12 bits per heavy atom. The molecule has 5 heteroatoms. The molecule has 0 spiro atoms. The van der Waals surface area contributed by atoms with Gasteiger partial charge in [0.15, 0.2) is 11.5 Å². The molecule has 1 unspecified atom stereocenters. The fourth-order valence-electron chi connectivity index (χ4n) is 2.68. The number of morpholine rings is 1. The van der Waals surface area contributed by atoms with Crippen molar-refractivity contribution in [1.82, 2.24) is 0 Å². The lowest BCUT2D eigenvalue weighted by atomic mass is 10.1. The summed E-state index contributed by atoms with van der Waals surface area (Å²) in [7, 11) is 0. The molecule has 1 N–H and O–H groups in total. The summed E-state index contributed by atoms with van der Waals surface area (Å²) in [5, 5.41) is 3.43. The number of ether oxygens (including phenoxy) is 3. The number of fused-ring (bicyclic) bond motifs is 4. The van der Waals surface area contributed by atoms with Gasteiger partial charge in [-0.2, -0.15) is 0 Å². The first kappa shape index (κ1) is 9.41. The van der Waals surface area contributed by atoms with Crippen LogP contribution in [-0.2, 0) is 4.74 Å². The highest BCUT2D eigenvalue weighted by molar-refractivity contribution is 5.77. The Morgan fingerprint density at radius 3 is 3.06 bits per heavy atom. The van der Waals surface area contributed by atoms with E-state index in [1.165, 1.54) is 5.69 Å². The molecule has 0 radical (unpaired) electrons. The number of benzene rings is 1. The van der Waals surface area contributed by atoms with Crippen LogP contribution in [0, 0.1) is 0 Å². The van der Waals surface area contributed by atoms with Crippen LogP contribution in [0.5, 0.6) is 11.5 Å². The standard InChI is InChI=1S/C12H14N2O3/c1-2-15-6-8-5-13-9-3-11-12(17-7-16-11)4-10(9)14(1)8/h3-4,8,13H,1-2,5-7H2. The highest BCUT2D eigenvalue weighted by Gasteiger charge is 2.31. The van der Waals surface area contributed by atoms with Crippen molar-refractivity contribution >= 4 is 11.4 Å². The number of anilines is 2. The van der Waals surface area contributed by atoms with Crippen molar-refractivity contribution in [3.8, 4) is 11.5 Å². The van der Waals surface area contributed by atoms with Gasteiger partial charge in [-0.05, 0) is 0 Å². The zero-order valence-electron chi connectivity index (χ0n) is 9.44. The average Bonchev–Trinajstić information content (AvgIpc) is 2.83. The van der Waals surface area contributed by atoms with Crippen molar-refractivity contribution < 1.29 is 14.2 Å². The minimum atomic E-state index is 0.324. The van der Waals surface area contributed by atoms with Crippen molar-refractivity contribution in [2.75, 3.05) is 43.3 Å². The van der Waals surface area contributed by atoms with E-state index in [0.717, 1.165) is 43.5 Å². The van der Waals surface area contributed by atoms with E-state index >= 15 is 0 Å². The van der Waals surface area contributed by atoms with Crippen molar-refractivity contribution in [2.24, 2.45) is 0 Å². The van der Waals surface area contributed by atoms with Gasteiger partial charge in [0.05, 0.1) is 30.6 Å². The Labute approximate surface area is 99.3 Å². The molecule has 5 nitrogen and oxygen atoms in total. The van der Waals surface area contributed by atoms with Crippen LogP contribution in [0.15, 0.2) is 12.1 Å². The second kappa shape index (κ2) is 3.43. The first-order valence-electron chi connectivity index (χ1n) is 5.94. The van der Waals surface area contributed by atoms with E-state index in [0.29, 0.717) is 12.8 Å². The maximum atomic E-state index is 5.51. The van der Waals surface area contributed by atoms with Crippen molar-refractivity contribution in [2.45, 2.75) is 6.04 Å².